The van der Waals surface area contributed by atoms with E-state index in [1.807, 2.05) is 19.9 Å². The number of carbonyl (C=O) groups excluding carboxylic acids is 2. The third-order valence-electron chi connectivity index (χ3n) is 6.72. The highest BCUT2D eigenvalue weighted by Gasteiger charge is 2.33. The number of hydrogen-bond donors (Lipinski definition) is 0. The molecule has 8 heteroatoms. The highest BCUT2D eigenvalue weighted by atomic mass is 79.9. The first kappa shape index (κ1) is 33.2. The quantitative estimate of drug-likeness (QED) is 0.131. The van der Waals surface area contributed by atoms with Gasteiger partial charge in [0.2, 0.25) is 5.91 Å². The van der Waals surface area contributed by atoms with Crippen molar-refractivity contribution >= 4 is 27.8 Å². The number of esters is 1. The number of halogens is 1. The summed E-state index contributed by atoms with van der Waals surface area (Å²) in [4.78, 5) is 26.4. The minimum atomic E-state index is -0.398. The summed E-state index contributed by atoms with van der Waals surface area (Å²) in [5, 5.41) is 0. The predicted molar refractivity (Wildman–Crippen MR) is 152 cm³/mol. The van der Waals surface area contributed by atoms with E-state index in [0.29, 0.717) is 37.2 Å². The van der Waals surface area contributed by atoms with Crippen LogP contribution in [0.4, 0.5) is 0 Å². The van der Waals surface area contributed by atoms with Crippen molar-refractivity contribution in [3.05, 3.63) is 23.8 Å². The van der Waals surface area contributed by atoms with Gasteiger partial charge in [-0.25, -0.2) is 0 Å². The molecule has 212 valence electrons. The van der Waals surface area contributed by atoms with Crippen LogP contribution in [0.25, 0.3) is 0 Å². The van der Waals surface area contributed by atoms with Crippen LogP contribution in [0.15, 0.2) is 18.2 Å². The molecule has 0 bridgehead atoms. The molecule has 0 fully saturated rings. The fourth-order valence-corrected chi connectivity index (χ4v) is 5.21. The molecule has 0 aliphatic heterocycles. The summed E-state index contributed by atoms with van der Waals surface area (Å²) in [5.41, 5.74) is 1.16. The molecule has 0 N–H and O–H groups in total. The summed E-state index contributed by atoms with van der Waals surface area (Å²) in [6.07, 6.45) is 2.53. The van der Waals surface area contributed by atoms with Gasteiger partial charge in [-0.3, -0.25) is 9.59 Å². The molecule has 0 spiro atoms. The topological polar surface area (TPSA) is 74.3 Å². The number of carbonyl (C=O) groups is 2. The Kier molecular flexibility index (Phi) is 15.2. The zero-order valence-electron chi connectivity index (χ0n) is 24.2. The minimum absolute atomic E-state index is 0.0588. The van der Waals surface area contributed by atoms with Gasteiger partial charge in [0.1, 0.15) is 6.10 Å². The summed E-state index contributed by atoms with van der Waals surface area (Å²) in [6.45, 7) is 11.1. The van der Waals surface area contributed by atoms with E-state index >= 15 is 0 Å². The molecule has 0 heterocycles. The fourth-order valence-electron chi connectivity index (χ4n) is 4.40. The lowest BCUT2D eigenvalue weighted by molar-refractivity contribution is -0.149. The van der Waals surface area contributed by atoms with Crippen LogP contribution in [-0.4, -0.2) is 69.2 Å². The molecule has 0 aromatic heterocycles. The molecule has 1 aromatic rings. The van der Waals surface area contributed by atoms with E-state index in [2.05, 4.69) is 41.9 Å². The molecule has 4 unspecified atom stereocenters. The summed E-state index contributed by atoms with van der Waals surface area (Å²) in [7, 11) is 6.86. The summed E-state index contributed by atoms with van der Waals surface area (Å²) < 4.78 is 22.3. The Morgan fingerprint density at radius 1 is 0.973 bits per heavy atom. The van der Waals surface area contributed by atoms with E-state index in [1.165, 1.54) is 6.92 Å². The lowest BCUT2D eigenvalue weighted by Crippen LogP contribution is -2.39. The standard InChI is InChI=1S/C29H48BrNO6/c1-19(2)23(15-22-11-12-26(35-9)28(16-22)36-14-10-13-34-8)17-25(30)27(37-21(5)32)18-24(20(3)4)29(33)31(6)7/h11-12,16,19-20,23-25,27H,10,13-15,17-18H2,1-9H3. The van der Waals surface area contributed by atoms with Crippen LogP contribution in [0, 0.1) is 23.7 Å². The Labute approximate surface area is 232 Å². The molecule has 0 saturated carbocycles. The van der Waals surface area contributed by atoms with Crippen LogP contribution >= 0.6 is 15.9 Å². The van der Waals surface area contributed by atoms with Gasteiger partial charge in [-0.2, -0.15) is 0 Å². The molecular formula is C29H48BrNO6. The minimum Gasteiger partial charge on any atom is -0.493 e. The highest BCUT2D eigenvalue weighted by Crippen LogP contribution is 2.34. The zero-order valence-corrected chi connectivity index (χ0v) is 25.8. The maximum absolute atomic E-state index is 12.8. The first-order valence-electron chi connectivity index (χ1n) is 13.2. The first-order chi connectivity index (χ1) is 17.4. The Balaban J connectivity index is 3.06. The van der Waals surface area contributed by atoms with Crippen molar-refractivity contribution in [2.45, 2.75) is 71.2 Å². The number of benzene rings is 1. The third kappa shape index (κ3) is 11.6. The Morgan fingerprint density at radius 3 is 2.16 bits per heavy atom. The SMILES string of the molecule is COCCCOc1cc(CC(CC(Br)C(CC(C(=O)N(C)C)C(C)C)OC(C)=O)C(C)C)ccc1OC. The largest absolute Gasteiger partial charge is 0.493 e. The smallest absolute Gasteiger partial charge is 0.302 e. The second-order valence-electron chi connectivity index (χ2n) is 10.6. The van der Waals surface area contributed by atoms with Crippen LogP contribution in [0.2, 0.25) is 0 Å². The van der Waals surface area contributed by atoms with Crippen molar-refractivity contribution in [3.8, 4) is 11.5 Å². The van der Waals surface area contributed by atoms with Crippen LogP contribution in [0.5, 0.6) is 11.5 Å². The van der Waals surface area contributed by atoms with Crippen LogP contribution < -0.4 is 9.47 Å². The van der Waals surface area contributed by atoms with E-state index in [4.69, 9.17) is 18.9 Å². The number of ether oxygens (including phenoxy) is 4. The number of rotatable bonds is 17. The average Bonchev–Trinajstić information content (AvgIpc) is 2.83. The van der Waals surface area contributed by atoms with Crippen molar-refractivity contribution in [2.75, 3.05) is 41.5 Å². The lowest BCUT2D eigenvalue weighted by atomic mass is 9.82. The van der Waals surface area contributed by atoms with Crippen LogP contribution in [-0.2, 0) is 25.5 Å². The molecule has 4 atom stereocenters. The van der Waals surface area contributed by atoms with Gasteiger partial charge in [0.05, 0.1) is 18.5 Å². The van der Waals surface area contributed by atoms with Crippen molar-refractivity contribution in [2.24, 2.45) is 23.7 Å². The predicted octanol–water partition coefficient (Wildman–Crippen LogP) is 5.76. The second kappa shape index (κ2) is 16.9. The number of alkyl halides is 1. The van der Waals surface area contributed by atoms with Crippen molar-refractivity contribution in [1.82, 2.24) is 4.90 Å². The number of nitrogens with zero attached hydrogens (tertiary/aromatic N) is 1. The van der Waals surface area contributed by atoms with E-state index < -0.39 is 6.10 Å². The van der Waals surface area contributed by atoms with Gasteiger partial charge in [0.25, 0.3) is 0 Å². The van der Waals surface area contributed by atoms with Gasteiger partial charge < -0.3 is 23.8 Å². The molecule has 1 aromatic carbocycles. The maximum atomic E-state index is 12.8. The molecule has 0 aliphatic carbocycles. The maximum Gasteiger partial charge on any atom is 0.302 e. The molecule has 0 radical (unpaired) electrons. The average molecular weight is 587 g/mol. The molecule has 7 nitrogen and oxygen atoms in total. The Hall–Kier alpha value is -1.80. The summed E-state index contributed by atoms with van der Waals surface area (Å²) >= 11 is 3.85. The molecule has 1 rings (SSSR count). The zero-order chi connectivity index (χ0) is 28.1. The van der Waals surface area contributed by atoms with Gasteiger partial charge in [-0.1, -0.05) is 49.7 Å². The molecule has 37 heavy (non-hydrogen) atoms. The van der Waals surface area contributed by atoms with Gasteiger partial charge in [0.15, 0.2) is 11.5 Å². The number of amides is 1. The van der Waals surface area contributed by atoms with Crippen molar-refractivity contribution in [3.63, 3.8) is 0 Å². The van der Waals surface area contributed by atoms with E-state index in [0.717, 1.165) is 30.6 Å². The molecule has 0 saturated heterocycles. The van der Waals surface area contributed by atoms with Gasteiger partial charge in [-0.05, 0) is 54.7 Å². The van der Waals surface area contributed by atoms with Gasteiger partial charge in [0, 0.05) is 47.1 Å². The van der Waals surface area contributed by atoms with Gasteiger partial charge in [-0.15, -0.1) is 0 Å². The van der Waals surface area contributed by atoms with E-state index in [1.54, 1.807) is 33.2 Å². The number of hydrogen-bond acceptors (Lipinski definition) is 6. The summed E-state index contributed by atoms with van der Waals surface area (Å²) in [5.74, 6) is 1.79. The second-order valence-corrected chi connectivity index (χ2v) is 11.8. The van der Waals surface area contributed by atoms with Gasteiger partial charge >= 0.3 is 5.97 Å². The molecule has 0 aliphatic rings. The van der Waals surface area contributed by atoms with Crippen LogP contribution in [0.1, 0.15) is 59.4 Å². The van der Waals surface area contributed by atoms with Crippen molar-refractivity contribution in [1.29, 1.82) is 0 Å². The highest BCUT2D eigenvalue weighted by molar-refractivity contribution is 9.09. The normalized spacial score (nSPS) is 14.7. The number of methoxy groups -OCH3 is 2. The van der Waals surface area contributed by atoms with E-state index in [9.17, 15) is 9.59 Å². The van der Waals surface area contributed by atoms with Crippen LogP contribution in [0.3, 0.4) is 0 Å². The third-order valence-corrected chi connectivity index (χ3v) is 7.68. The lowest BCUT2D eigenvalue weighted by Gasteiger charge is -2.32. The van der Waals surface area contributed by atoms with Crippen molar-refractivity contribution < 1.29 is 28.5 Å². The fraction of sp³-hybridized carbons (Fsp3) is 0.724. The Morgan fingerprint density at radius 2 is 1.65 bits per heavy atom. The molecule has 1 amide bonds. The van der Waals surface area contributed by atoms with E-state index in [-0.39, 0.29) is 28.5 Å². The first-order valence-corrected chi connectivity index (χ1v) is 14.1. The Bertz CT molecular complexity index is 829. The monoisotopic (exact) mass is 585 g/mol. The molecular weight excluding hydrogens is 538 g/mol. The summed E-state index contributed by atoms with van der Waals surface area (Å²) in [6, 6.07) is 6.08.